The normalized spacial score (nSPS) is 11.6. The van der Waals surface area contributed by atoms with E-state index in [1.165, 1.54) is 64.2 Å². The molecule has 0 heterocycles. The molecule has 0 aromatic carbocycles. The Bertz CT molecular complexity index is 398. The number of carbonyl (C=O) groups is 2. The summed E-state index contributed by atoms with van der Waals surface area (Å²) in [5.41, 5.74) is 0. The van der Waals surface area contributed by atoms with Crippen LogP contribution in [0.3, 0.4) is 0 Å². The predicted octanol–water partition coefficient (Wildman–Crippen LogP) is 6.31. The molecule has 0 aliphatic rings. The zero-order chi connectivity index (χ0) is 20.9. The van der Waals surface area contributed by atoms with Crippen LogP contribution < -0.4 is 5.32 Å². The summed E-state index contributed by atoms with van der Waals surface area (Å²) in [5, 5.41) is 2.54. The van der Waals surface area contributed by atoms with Gasteiger partial charge in [-0.15, -0.1) is 6.58 Å². The molecule has 0 radical (unpaired) electrons. The van der Waals surface area contributed by atoms with Crippen molar-refractivity contribution in [3.05, 3.63) is 12.7 Å². The van der Waals surface area contributed by atoms with Crippen molar-refractivity contribution in [1.82, 2.24) is 5.32 Å². The van der Waals surface area contributed by atoms with Crippen molar-refractivity contribution in [3.8, 4) is 0 Å². The molecule has 0 bridgehead atoms. The molecule has 0 aliphatic carbocycles. The lowest BCUT2D eigenvalue weighted by atomic mass is 10.1. The van der Waals surface area contributed by atoms with Crippen LogP contribution in [-0.4, -0.2) is 31.3 Å². The van der Waals surface area contributed by atoms with Crippen LogP contribution in [0.5, 0.6) is 0 Å². The molecule has 5 nitrogen and oxygen atoms in total. The smallest absolute Gasteiger partial charge is 0.407 e. The van der Waals surface area contributed by atoms with E-state index in [-0.39, 0.29) is 0 Å². The van der Waals surface area contributed by atoms with Crippen molar-refractivity contribution < 1.29 is 19.1 Å². The van der Waals surface area contributed by atoms with Crippen molar-refractivity contribution in [1.29, 1.82) is 0 Å². The monoisotopic (exact) mass is 397 g/mol. The Morgan fingerprint density at radius 3 is 1.82 bits per heavy atom. The van der Waals surface area contributed by atoms with E-state index in [0.717, 1.165) is 19.3 Å². The van der Waals surface area contributed by atoms with Crippen molar-refractivity contribution >= 4 is 12.1 Å². The van der Waals surface area contributed by atoms with Crippen LogP contribution in [0.4, 0.5) is 4.79 Å². The molecular weight excluding hydrogens is 354 g/mol. The summed E-state index contributed by atoms with van der Waals surface area (Å²) < 4.78 is 10.2. The van der Waals surface area contributed by atoms with E-state index >= 15 is 0 Å². The first-order valence-corrected chi connectivity index (χ1v) is 11.4. The third-order valence-electron chi connectivity index (χ3n) is 4.66. The van der Waals surface area contributed by atoms with Gasteiger partial charge >= 0.3 is 12.1 Å². The molecule has 0 fully saturated rings. The molecule has 0 aliphatic heterocycles. The molecule has 1 unspecified atom stereocenters. The van der Waals surface area contributed by atoms with E-state index in [9.17, 15) is 9.59 Å². The Hall–Kier alpha value is -1.52. The minimum absolute atomic E-state index is 0.332. The number of rotatable bonds is 19. The summed E-state index contributed by atoms with van der Waals surface area (Å²) >= 11 is 0. The number of nitrogens with one attached hydrogen (secondary N) is 1. The molecule has 0 aromatic heterocycles. The number of hydrogen-bond donors (Lipinski definition) is 1. The molecule has 0 saturated heterocycles. The number of hydrogen-bond acceptors (Lipinski definition) is 4. The van der Waals surface area contributed by atoms with Crippen LogP contribution in [0, 0.1) is 0 Å². The summed E-state index contributed by atoms with van der Waals surface area (Å²) in [5.74, 6) is -0.420. The zero-order valence-corrected chi connectivity index (χ0v) is 18.3. The molecule has 1 atom stereocenters. The van der Waals surface area contributed by atoms with Gasteiger partial charge in [0.15, 0.2) is 0 Å². The van der Waals surface area contributed by atoms with E-state index in [0.29, 0.717) is 19.6 Å². The third-order valence-corrected chi connectivity index (χ3v) is 4.66. The number of amides is 1. The van der Waals surface area contributed by atoms with E-state index in [1.807, 2.05) is 6.92 Å². The van der Waals surface area contributed by atoms with Gasteiger partial charge in [-0.3, -0.25) is 0 Å². The highest BCUT2D eigenvalue weighted by Gasteiger charge is 2.21. The lowest BCUT2D eigenvalue weighted by Crippen LogP contribution is -2.42. The second kappa shape index (κ2) is 20.2. The first kappa shape index (κ1) is 26.5. The Balaban J connectivity index is 3.64. The van der Waals surface area contributed by atoms with Gasteiger partial charge in [0.2, 0.25) is 0 Å². The minimum Gasteiger partial charge on any atom is -0.464 e. The molecule has 28 heavy (non-hydrogen) atoms. The fourth-order valence-electron chi connectivity index (χ4n) is 2.98. The highest BCUT2D eigenvalue weighted by Crippen LogP contribution is 2.12. The molecule has 164 valence electrons. The van der Waals surface area contributed by atoms with Gasteiger partial charge in [-0.05, 0) is 19.3 Å². The Morgan fingerprint density at radius 2 is 1.32 bits per heavy atom. The molecule has 0 spiro atoms. The SMILES string of the molecule is C=CCC(NC(=O)OCCC)C(=O)OCCCCCCCCCCCCCC. The maximum Gasteiger partial charge on any atom is 0.407 e. The zero-order valence-electron chi connectivity index (χ0n) is 18.3. The van der Waals surface area contributed by atoms with Gasteiger partial charge in [0.25, 0.3) is 0 Å². The van der Waals surface area contributed by atoms with Gasteiger partial charge in [-0.2, -0.15) is 0 Å². The molecule has 0 rings (SSSR count). The molecule has 0 saturated carbocycles. The summed E-state index contributed by atoms with van der Waals surface area (Å²) in [4.78, 5) is 23.7. The van der Waals surface area contributed by atoms with Crippen LogP contribution in [0.15, 0.2) is 12.7 Å². The second-order valence-electron chi connectivity index (χ2n) is 7.41. The van der Waals surface area contributed by atoms with Gasteiger partial charge in [0, 0.05) is 0 Å². The van der Waals surface area contributed by atoms with Crippen LogP contribution in [-0.2, 0) is 14.3 Å². The fourth-order valence-corrected chi connectivity index (χ4v) is 2.98. The second-order valence-corrected chi connectivity index (χ2v) is 7.41. The third kappa shape index (κ3) is 16.6. The minimum atomic E-state index is -0.723. The quantitative estimate of drug-likeness (QED) is 0.157. The highest BCUT2D eigenvalue weighted by atomic mass is 16.6. The van der Waals surface area contributed by atoms with Crippen molar-refractivity contribution in [2.45, 2.75) is 110 Å². The van der Waals surface area contributed by atoms with Crippen molar-refractivity contribution in [2.75, 3.05) is 13.2 Å². The van der Waals surface area contributed by atoms with E-state index < -0.39 is 18.1 Å². The largest absolute Gasteiger partial charge is 0.464 e. The molecule has 1 N–H and O–H groups in total. The van der Waals surface area contributed by atoms with Gasteiger partial charge in [-0.1, -0.05) is 90.6 Å². The standard InChI is InChI=1S/C23H43NO4/c1-4-7-8-9-10-11-12-13-14-15-16-17-20-27-22(25)21(18-5-2)24-23(26)28-19-6-3/h5,21H,2,4,6-20H2,1,3H3,(H,24,26). The van der Waals surface area contributed by atoms with Crippen molar-refractivity contribution in [2.24, 2.45) is 0 Å². The number of ether oxygens (including phenoxy) is 2. The fraction of sp³-hybridized carbons (Fsp3) is 0.826. The maximum absolute atomic E-state index is 12.1. The summed E-state index contributed by atoms with van der Waals surface area (Å²) in [6, 6.07) is -0.723. The van der Waals surface area contributed by atoms with Crippen LogP contribution in [0.2, 0.25) is 0 Å². The summed E-state index contributed by atoms with van der Waals surface area (Å²) in [6.45, 7) is 8.52. The first-order valence-electron chi connectivity index (χ1n) is 11.4. The van der Waals surface area contributed by atoms with Crippen molar-refractivity contribution in [3.63, 3.8) is 0 Å². The predicted molar refractivity (Wildman–Crippen MR) is 115 cm³/mol. The van der Waals surface area contributed by atoms with Crippen LogP contribution >= 0.6 is 0 Å². The molecule has 5 heteroatoms. The average molecular weight is 398 g/mol. The van der Waals surface area contributed by atoms with Gasteiger partial charge in [-0.25, -0.2) is 9.59 Å². The molecule has 1 amide bonds. The van der Waals surface area contributed by atoms with Crippen LogP contribution in [0.25, 0.3) is 0 Å². The Labute approximate surface area is 172 Å². The van der Waals surface area contributed by atoms with E-state index in [2.05, 4.69) is 18.8 Å². The van der Waals surface area contributed by atoms with Gasteiger partial charge < -0.3 is 14.8 Å². The average Bonchev–Trinajstić information content (AvgIpc) is 2.69. The molecular formula is C23H43NO4. The number of esters is 1. The summed E-state index contributed by atoms with van der Waals surface area (Å²) in [7, 11) is 0. The number of carbonyl (C=O) groups excluding carboxylic acids is 2. The number of alkyl carbamates (subject to hydrolysis) is 1. The van der Waals surface area contributed by atoms with E-state index in [4.69, 9.17) is 9.47 Å². The van der Waals surface area contributed by atoms with Gasteiger partial charge in [0.05, 0.1) is 13.2 Å². The molecule has 0 aromatic rings. The maximum atomic E-state index is 12.1. The van der Waals surface area contributed by atoms with Gasteiger partial charge in [0.1, 0.15) is 6.04 Å². The lowest BCUT2D eigenvalue weighted by Gasteiger charge is -2.16. The Kier molecular flexibility index (Phi) is 19.1. The topological polar surface area (TPSA) is 64.6 Å². The Morgan fingerprint density at radius 1 is 0.786 bits per heavy atom. The lowest BCUT2D eigenvalue weighted by molar-refractivity contribution is -0.146. The summed E-state index contributed by atoms with van der Waals surface area (Å²) in [6.07, 6.45) is 17.3. The van der Waals surface area contributed by atoms with E-state index in [1.54, 1.807) is 6.08 Å². The highest BCUT2D eigenvalue weighted by molar-refractivity contribution is 5.81. The van der Waals surface area contributed by atoms with Crippen LogP contribution in [0.1, 0.15) is 104 Å². The first-order chi connectivity index (χ1) is 13.7. The number of unbranched alkanes of at least 4 members (excludes halogenated alkanes) is 11.